The third-order valence-corrected chi connectivity index (χ3v) is 5.65. The average molecular weight is 416 g/mol. The number of nitrogens with zero attached hydrogens (tertiary/aromatic N) is 4. The van der Waals surface area contributed by atoms with Crippen molar-refractivity contribution in [3.63, 3.8) is 0 Å². The van der Waals surface area contributed by atoms with Gasteiger partial charge in [-0.1, -0.05) is 5.16 Å². The first-order valence-electron chi connectivity index (χ1n) is 10.1. The molecule has 1 aliphatic carbocycles. The van der Waals surface area contributed by atoms with Crippen LogP contribution in [0.3, 0.4) is 0 Å². The van der Waals surface area contributed by atoms with Gasteiger partial charge in [-0.25, -0.2) is 14.3 Å². The molecule has 31 heavy (non-hydrogen) atoms. The zero-order chi connectivity index (χ0) is 21.9. The number of ketones is 1. The number of carbonyl (C=O) groups is 2. The summed E-state index contributed by atoms with van der Waals surface area (Å²) in [4.78, 5) is 34.5. The second-order valence-electron chi connectivity index (χ2n) is 7.97. The van der Waals surface area contributed by atoms with Crippen molar-refractivity contribution in [3.05, 3.63) is 64.6 Å². The molecule has 1 fully saturated rings. The van der Waals surface area contributed by atoms with Crippen LogP contribution in [0.15, 0.2) is 35.0 Å². The van der Waals surface area contributed by atoms with Crippen LogP contribution in [0.25, 0.3) is 22.2 Å². The minimum absolute atomic E-state index is 0.0946. The van der Waals surface area contributed by atoms with Crippen LogP contribution < -0.4 is 0 Å². The first kappa shape index (κ1) is 19.2. The van der Waals surface area contributed by atoms with Crippen molar-refractivity contribution in [2.75, 3.05) is 0 Å². The maximum absolute atomic E-state index is 13.5. The number of imidazole rings is 1. The van der Waals surface area contributed by atoms with E-state index in [1.807, 2.05) is 13.8 Å². The molecule has 1 aromatic carbocycles. The number of hydrogen-bond acceptors (Lipinski definition) is 6. The predicted octanol–water partition coefficient (Wildman–Crippen LogP) is 4.65. The van der Waals surface area contributed by atoms with Crippen LogP contribution in [0.5, 0.6) is 0 Å². The van der Waals surface area contributed by atoms with Gasteiger partial charge in [0.15, 0.2) is 5.78 Å². The molecule has 3 aromatic heterocycles. The lowest BCUT2D eigenvalue weighted by Crippen LogP contribution is -2.11. The van der Waals surface area contributed by atoms with Crippen LogP contribution in [0.1, 0.15) is 57.7 Å². The van der Waals surface area contributed by atoms with Gasteiger partial charge < -0.3 is 9.63 Å². The standard InChI is InChI=1S/C23H20N4O4/c1-11-8-15(6-7-24-11)21(28)17-9-16(19-12(2)26-31-13(19)3)10-18-20(17)25-22(14-4-5-14)27(18)23(29)30/h6-10,14H,4-5H2,1-3H3,(H,29,30). The Bertz CT molecular complexity index is 1360. The average Bonchev–Trinajstić information content (AvgIpc) is 3.42. The Labute approximate surface area is 177 Å². The minimum Gasteiger partial charge on any atom is -0.464 e. The van der Waals surface area contributed by atoms with Crippen molar-refractivity contribution in [2.24, 2.45) is 0 Å². The van der Waals surface area contributed by atoms with Gasteiger partial charge in [0.05, 0.1) is 16.8 Å². The summed E-state index contributed by atoms with van der Waals surface area (Å²) >= 11 is 0. The Morgan fingerprint density at radius 3 is 2.55 bits per heavy atom. The lowest BCUT2D eigenvalue weighted by atomic mass is 9.96. The second-order valence-corrected chi connectivity index (χ2v) is 7.97. The monoisotopic (exact) mass is 416 g/mol. The van der Waals surface area contributed by atoms with Crippen LogP contribution in [-0.2, 0) is 0 Å². The van der Waals surface area contributed by atoms with Gasteiger partial charge in [0.25, 0.3) is 0 Å². The Balaban J connectivity index is 1.83. The first-order valence-corrected chi connectivity index (χ1v) is 10.1. The van der Waals surface area contributed by atoms with E-state index >= 15 is 0 Å². The van der Waals surface area contributed by atoms with Crippen LogP contribution in [-0.4, -0.2) is 36.7 Å². The molecule has 0 saturated heterocycles. The topological polar surface area (TPSA) is 111 Å². The van der Waals surface area contributed by atoms with E-state index in [0.29, 0.717) is 45.0 Å². The summed E-state index contributed by atoms with van der Waals surface area (Å²) in [5.41, 5.74) is 4.40. The first-order chi connectivity index (χ1) is 14.8. The van der Waals surface area contributed by atoms with Crippen LogP contribution in [0.2, 0.25) is 0 Å². The molecule has 3 heterocycles. The zero-order valence-corrected chi connectivity index (χ0v) is 17.3. The van der Waals surface area contributed by atoms with Crippen molar-refractivity contribution in [2.45, 2.75) is 39.5 Å². The Hall–Kier alpha value is -3.81. The highest BCUT2D eigenvalue weighted by Crippen LogP contribution is 2.42. The Morgan fingerprint density at radius 2 is 1.94 bits per heavy atom. The summed E-state index contributed by atoms with van der Waals surface area (Å²) in [6, 6.07) is 6.87. The number of carbonyl (C=O) groups excluding carboxylic acids is 1. The van der Waals surface area contributed by atoms with E-state index in [9.17, 15) is 14.7 Å². The zero-order valence-electron chi connectivity index (χ0n) is 17.3. The van der Waals surface area contributed by atoms with Crippen LogP contribution in [0.4, 0.5) is 4.79 Å². The van der Waals surface area contributed by atoms with Crippen molar-refractivity contribution in [1.82, 2.24) is 19.7 Å². The molecular weight excluding hydrogens is 396 g/mol. The number of fused-ring (bicyclic) bond motifs is 1. The molecule has 0 radical (unpaired) electrons. The highest BCUT2D eigenvalue weighted by atomic mass is 16.5. The molecule has 0 bridgehead atoms. The summed E-state index contributed by atoms with van der Waals surface area (Å²) in [6.45, 7) is 5.42. The maximum Gasteiger partial charge on any atom is 0.417 e. The van der Waals surface area contributed by atoms with Gasteiger partial charge in [0, 0.05) is 28.9 Å². The summed E-state index contributed by atoms with van der Waals surface area (Å²) in [5, 5.41) is 14.0. The second kappa shape index (κ2) is 6.87. The molecule has 1 saturated carbocycles. The quantitative estimate of drug-likeness (QED) is 0.482. The van der Waals surface area contributed by atoms with Gasteiger partial charge in [-0.15, -0.1) is 0 Å². The van der Waals surface area contributed by atoms with Gasteiger partial charge in [-0.2, -0.15) is 0 Å². The van der Waals surface area contributed by atoms with Crippen molar-refractivity contribution in [3.8, 4) is 11.1 Å². The number of aryl methyl sites for hydroxylation is 3. The largest absolute Gasteiger partial charge is 0.464 e. The van der Waals surface area contributed by atoms with Gasteiger partial charge in [-0.05, 0) is 63.4 Å². The summed E-state index contributed by atoms with van der Waals surface area (Å²) < 4.78 is 6.52. The van der Waals surface area contributed by atoms with Crippen molar-refractivity contribution >= 4 is 22.9 Å². The van der Waals surface area contributed by atoms with Crippen LogP contribution >= 0.6 is 0 Å². The smallest absolute Gasteiger partial charge is 0.417 e. The third-order valence-electron chi connectivity index (χ3n) is 5.65. The van der Waals surface area contributed by atoms with Crippen LogP contribution in [0, 0.1) is 20.8 Å². The maximum atomic E-state index is 13.5. The van der Waals surface area contributed by atoms with Gasteiger partial charge in [-0.3, -0.25) is 9.78 Å². The molecule has 0 atom stereocenters. The van der Waals surface area contributed by atoms with E-state index in [1.165, 1.54) is 4.57 Å². The van der Waals surface area contributed by atoms with Crippen molar-refractivity contribution in [1.29, 1.82) is 0 Å². The van der Waals surface area contributed by atoms with Gasteiger partial charge >= 0.3 is 6.09 Å². The molecule has 4 aromatic rings. The molecule has 8 heteroatoms. The van der Waals surface area contributed by atoms with E-state index in [0.717, 1.165) is 24.1 Å². The fourth-order valence-electron chi connectivity index (χ4n) is 4.07. The SMILES string of the molecule is Cc1cc(C(=O)c2cc(-c3c(C)noc3C)cc3c2nc(C2CC2)n3C(=O)O)ccn1. The fraction of sp³-hybridized carbons (Fsp3) is 0.261. The van der Waals surface area contributed by atoms with E-state index in [-0.39, 0.29) is 11.7 Å². The molecule has 0 aliphatic heterocycles. The third kappa shape index (κ3) is 3.11. The number of hydrogen-bond donors (Lipinski definition) is 1. The van der Waals surface area contributed by atoms with Crippen molar-refractivity contribution < 1.29 is 19.2 Å². The van der Waals surface area contributed by atoms with Gasteiger partial charge in [0.1, 0.15) is 17.1 Å². The molecule has 0 amide bonds. The fourth-order valence-corrected chi connectivity index (χ4v) is 4.07. The summed E-state index contributed by atoms with van der Waals surface area (Å²) in [6.07, 6.45) is 2.25. The van der Waals surface area contributed by atoms with E-state index in [4.69, 9.17) is 4.52 Å². The lowest BCUT2D eigenvalue weighted by molar-refractivity contribution is 0.104. The molecule has 8 nitrogen and oxygen atoms in total. The molecule has 156 valence electrons. The number of benzene rings is 1. The lowest BCUT2D eigenvalue weighted by Gasteiger charge is -2.08. The number of carboxylic acid groups (broad SMARTS) is 1. The van der Waals surface area contributed by atoms with E-state index < -0.39 is 6.09 Å². The molecular formula is C23H20N4O4. The Morgan fingerprint density at radius 1 is 1.16 bits per heavy atom. The molecule has 1 aliphatic rings. The summed E-state index contributed by atoms with van der Waals surface area (Å²) in [5.74, 6) is 0.941. The molecule has 0 spiro atoms. The molecule has 0 unspecified atom stereocenters. The number of rotatable bonds is 4. The minimum atomic E-state index is -1.11. The van der Waals surface area contributed by atoms with E-state index in [2.05, 4.69) is 15.1 Å². The normalized spacial score (nSPS) is 13.6. The van der Waals surface area contributed by atoms with Gasteiger partial charge in [0.2, 0.25) is 0 Å². The summed E-state index contributed by atoms with van der Waals surface area (Å²) in [7, 11) is 0. The predicted molar refractivity (Wildman–Crippen MR) is 113 cm³/mol. The Kier molecular flexibility index (Phi) is 4.25. The number of pyridine rings is 1. The highest BCUT2D eigenvalue weighted by Gasteiger charge is 2.33. The molecule has 5 rings (SSSR count). The number of aromatic nitrogens is 4. The molecule has 1 N–H and O–H groups in total. The van der Waals surface area contributed by atoms with E-state index in [1.54, 1.807) is 37.4 Å². The highest BCUT2D eigenvalue weighted by molar-refractivity contribution is 6.16.